The summed E-state index contributed by atoms with van der Waals surface area (Å²) < 4.78 is 0. The summed E-state index contributed by atoms with van der Waals surface area (Å²) >= 11 is 0. The van der Waals surface area contributed by atoms with E-state index in [1.807, 2.05) is 31.2 Å². The molecule has 0 radical (unpaired) electrons. The Kier molecular flexibility index (Phi) is 5.13. The summed E-state index contributed by atoms with van der Waals surface area (Å²) in [6.45, 7) is 1.59. The summed E-state index contributed by atoms with van der Waals surface area (Å²) in [6, 6.07) is 5.67. The van der Waals surface area contributed by atoms with Gasteiger partial charge in [-0.2, -0.15) is 0 Å². The highest BCUT2D eigenvalue weighted by Gasteiger charge is 2.18. The zero-order valence-electron chi connectivity index (χ0n) is 10.0. The van der Waals surface area contributed by atoms with Crippen LogP contribution < -0.4 is 10.6 Å². The van der Waals surface area contributed by atoms with E-state index in [-0.39, 0.29) is 0 Å². The third kappa shape index (κ3) is 4.42. The highest BCUT2D eigenvalue weighted by atomic mass is 16.4. The topological polar surface area (TPSA) is 98.7 Å². The predicted octanol–water partition coefficient (Wildman–Crippen LogP) is 0.240. The molecule has 0 saturated heterocycles. The number of hydrogen-bond donors (Lipinski definition) is 4. The van der Waals surface area contributed by atoms with Crippen molar-refractivity contribution in [2.24, 2.45) is 0 Å². The minimum Gasteiger partial charge on any atom is -0.480 e. The quantitative estimate of drug-likeness (QED) is 0.603. The number of carbonyl (C=O) groups excluding carboxylic acids is 1. The second-order valence-electron chi connectivity index (χ2n) is 3.89. The number of aliphatic hydroxyl groups excluding tert-OH is 1. The molecule has 0 aliphatic rings. The number of urea groups is 1. The molecule has 6 nitrogen and oxygen atoms in total. The molecule has 0 aromatic heterocycles. The molecule has 18 heavy (non-hydrogen) atoms. The minimum atomic E-state index is -1.29. The van der Waals surface area contributed by atoms with Gasteiger partial charge >= 0.3 is 12.0 Å². The number of amides is 2. The molecule has 0 spiro atoms. The number of hydrogen-bond acceptors (Lipinski definition) is 3. The number of carboxylic acids is 1. The van der Waals surface area contributed by atoms with E-state index in [1.165, 1.54) is 0 Å². The minimum absolute atomic E-state index is 0.297. The smallest absolute Gasteiger partial charge is 0.328 e. The van der Waals surface area contributed by atoms with Crippen molar-refractivity contribution in [1.82, 2.24) is 10.6 Å². The lowest BCUT2D eigenvalue weighted by molar-refractivity contribution is -0.140. The number of nitrogens with one attached hydrogen (secondary N) is 2. The van der Waals surface area contributed by atoms with E-state index in [4.69, 9.17) is 10.2 Å². The van der Waals surface area contributed by atoms with Crippen molar-refractivity contribution in [3.63, 3.8) is 0 Å². The largest absolute Gasteiger partial charge is 0.480 e. The number of carbonyl (C=O) groups is 2. The maximum Gasteiger partial charge on any atom is 0.328 e. The first kappa shape index (κ1) is 14.0. The molecule has 1 aromatic carbocycles. The fraction of sp³-hybridized carbons (Fsp3) is 0.333. The molecule has 98 valence electrons. The fourth-order valence-corrected chi connectivity index (χ4v) is 1.40. The van der Waals surface area contributed by atoms with E-state index in [1.54, 1.807) is 0 Å². The van der Waals surface area contributed by atoms with Crippen LogP contribution in [0.5, 0.6) is 0 Å². The molecule has 1 rings (SSSR count). The molecule has 0 aliphatic heterocycles. The highest BCUT2D eigenvalue weighted by Crippen LogP contribution is 2.02. The third-order valence-electron chi connectivity index (χ3n) is 2.32. The van der Waals surface area contributed by atoms with Crippen LogP contribution in [0.25, 0.3) is 0 Å². The fourth-order valence-electron chi connectivity index (χ4n) is 1.40. The van der Waals surface area contributed by atoms with Crippen molar-refractivity contribution in [2.75, 3.05) is 6.61 Å². The molecule has 0 unspecified atom stereocenters. The summed E-state index contributed by atoms with van der Waals surface area (Å²) in [7, 11) is 0. The van der Waals surface area contributed by atoms with Gasteiger partial charge in [0.2, 0.25) is 0 Å². The van der Waals surface area contributed by atoms with Crippen molar-refractivity contribution in [3.8, 4) is 0 Å². The highest BCUT2D eigenvalue weighted by molar-refractivity contribution is 5.82. The van der Waals surface area contributed by atoms with Gasteiger partial charge in [-0.25, -0.2) is 9.59 Å². The summed E-state index contributed by atoms with van der Waals surface area (Å²) in [5, 5.41) is 22.1. The molecule has 0 heterocycles. The molecule has 1 atom stereocenters. The number of benzene rings is 1. The van der Waals surface area contributed by atoms with Gasteiger partial charge in [-0.3, -0.25) is 0 Å². The van der Waals surface area contributed by atoms with E-state index in [9.17, 15) is 9.59 Å². The Morgan fingerprint density at radius 3 is 2.67 bits per heavy atom. The molecule has 1 aromatic rings. The zero-order chi connectivity index (χ0) is 13.5. The SMILES string of the molecule is Cc1cccc(CNC(=O)N[C@H](CO)C(=O)O)c1. The van der Waals surface area contributed by atoms with E-state index in [2.05, 4.69) is 10.6 Å². The first-order valence-electron chi connectivity index (χ1n) is 5.46. The number of aryl methyl sites for hydroxylation is 1. The van der Waals surface area contributed by atoms with Gasteiger partial charge in [-0.15, -0.1) is 0 Å². The van der Waals surface area contributed by atoms with Gasteiger partial charge in [0.25, 0.3) is 0 Å². The summed E-state index contributed by atoms with van der Waals surface area (Å²) in [5.41, 5.74) is 1.99. The van der Waals surface area contributed by atoms with Crippen LogP contribution in [-0.4, -0.2) is 34.9 Å². The van der Waals surface area contributed by atoms with E-state index in [0.717, 1.165) is 11.1 Å². The Hall–Kier alpha value is -2.08. The predicted molar refractivity (Wildman–Crippen MR) is 65.1 cm³/mol. The summed E-state index contributed by atoms with van der Waals surface area (Å²) in [6.07, 6.45) is 0. The normalized spacial score (nSPS) is 11.7. The van der Waals surface area contributed by atoms with Crippen molar-refractivity contribution < 1.29 is 19.8 Å². The Morgan fingerprint density at radius 2 is 2.11 bits per heavy atom. The van der Waals surface area contributed by atoms with Gasteiger partial charge < -0.3 is 20.8 Å². The number of aliphatic hydroxyl groups is 1. The average molecular weight is 252 g/mol. The van der Waals surface area contributed by atoms with Crippen LogP contribution in [-0.2, 0) is 11.3 Å². The van der Waals surface area contributed by atoms with Crippen molar-refractivity contribution in [2.45, 2.75) is 19.5 Å². The Bertz CT molecular complexity index is 434. The third-order valence-corrected chi connectivity index (χ3v) is 2.32. The van der Waals surface area contributed by atoms with Crippen LogP contribution in [0.15, 0.2) is 24.3 Å². The molecule has 0 aliphatic carbocycles. The lowest BCUT2D eigenvalue weighted by Crippen LogP contribution is -2.47. The maximum atomic E-state index is 11.4. The van der Waals surface area contributed by atoms with Crippen LogP contribution in [0.2, 0.25) is 0 Å². The van der Waals surface area contributed by atoms with Crippen molar-refractivity contribution in [3.05, 3.63) is 35.4 Å². The van der Waals surface area contributed by atoms with Crippen LogP contribution in [0.4, 0.5) is 4.79 Å². The molecule has 6 heteroatoms. The van der Waals surface area contributed by atoms with Crippen LogP contribution in [0.1, 0.15) is 11.1 Å². The lowest BCUT2D eigenvalue weighted by atomic mass is 10.1. The number of rotatable bonds is 5. The zero-order valence-corrected chi connectivity index (χ0v) is 10.0. The van der Waals surface area contributed by atoms with Crippen LogP contribution in [0, 0.1) is 6.92 Å². The van der Waals surface area contributed by atoms with Crippen LogP contribution in [0.3, 0.4) is 0 Å². The standard InChI is InChI=1S/C12H16N2O4/c1-8-3-2-4-9(5-8)6-13-12(18)14-10(7-15)11(16)17/h2-5,10,15H,6-7H2,1H3,(H,16,17)(H2,13,14,18)/t10-/m1/s1. The molecular formula is C12H16N2O4. The maximum absolute atomic E-state index is 11.4. The van der Waals surface area contributed by atoms with E-state index < -0.39 is 24.6 Å². The number of carboxylic acid groups (broad SMARTS) is 1. The van der Waals surface area contributed by atoms with Gasteiger partial charge in [0.15, 0.2) is 6.04 Å². The molecule has 0 saturated carbocycles. The van der Waals surface area contributed by atoms with Gasteiger partial charge in [0.1, 0.15) is 0 Å². The first-order chi connectivity index (χ1) is 8.52. The van der Waals surface area contributed by atoms with Crippen molar-refractivity contribution >= 4 is 12.0 Å². The Balaban J connectivity index is 2.44. The van der Waals surface area contributed by atoms with Crippen molar-refractivity contribution in [1.29, 1.82) is 0 Å². The van der Waals surface area contributed by atoms with Gasteiger partial charge in [0, 0.05) is 6.54 Å². The Morgan fingerprint density at radius 1 is 1.39 bits per heavy atom. The van der Waals surface area contributed by atoms with E-state index in [0.29, 0.717) is 6.54 Å². The summed E-state index contributed by atoms with van der Waals surface area (Å²) in [4.78, 5) is 22.0. The molecule has 4 N–H and O–H groups in total. The monoisotopic (exact) mass is 252 g/mol. The van der Waals surface area contributed by atoms with E-state index >= 15 is 0 Å². The first-order valence-corrected chi connectivity index (χ1v) is 5.46. The Labute approximate surface area is 105 Å². The summed E-state index contributed by atoms with van der Waals surface area (Å²) in [5.74, 6) is -1.27. The lowest BCUT2D eigenvalue weighted by Gasteiger charge is -2.12. The molecular weight excluding hydrogens is 236 g/mol. The second kappa shape index (κ2) is 6.61. The van der Waals surface area contributed by atoms with Gasteiger partial charge in [-0.1, -0.05) is 29.8 Å². The average Bonchev–Trinajstić information content (AvgIpc) is 2.33. The molecule has 0 fully saturated rings. The molecule has 0 bridgehead atoms. The van der Waals surface area contributed by atoms with Gasteiger partial charge in [-0.05, 0) is 12.5 Å². The molecule has 2 amide bonds. The second-order valence-corrected chi connectivity index (χ2v) is 3.89. The number of aliphatic carboxylic acids is 1. The van der Waals surface area contributed by atoms with Crippen LogP contribution >= 0.6 is 0 Å². The van der Waals surface area contributed by atoms with Gasteiger partial charge in [0.05, 0.1) is 6.61 Å².